The highest BCUT2D eigenvalue weighted by Crippen LogP contribution is 2.25. The van der Waals surface area contributed by atoms with Crippen LogP contribution in [0.15, 0.2) is 24.3 Å². The van der Waals surface area contributed by atoms with E-state index in [4.69, 9.17) is 4.74 Å². The lowest BCUT2D eigenvalue weighted by molar-refractivity contribution is -0.136. The third kappa shape index (κ3) is 3.21. The molecule has 2 atom stereocenters. The molecule has 2 aliphatic rings. The van der Waals surface area contributed by atoms with Gasteiger partial charge in [0.1, 0.15) is 0 Å². The van der Waals surface area contributed by atoms with E-state index < -0.39 is 0 Å². The first kappa shape index (κ1) is 14.4. The third-order valence-electron chi connectivity index (χ3n) is 4.51. The predicted molar refractivity (Wildman–Crippen MR) is 83.4 cm³/mol. The van der Waals surface area contributed by atoms with Gasteiger partial charge in [0, 0.05) is 31.9 Å². The van der Waals surface area contributed by atoms with Gasteiger partial charge in [0.2, 0.25) is 5.91 Å². The number of fused-ring (bicyclic) bond motifs is 1. The lowest BCUT2D eigenvalue weighted by atomic mass is 9.92. The second-order valence-electron chi connectivity index (χ2n) is 5.95. The Morgan fingerprint density at radius 3 is 3.05 bits per heavy atom. The average molecular weight is 288 g/mol. The summed E-state index contributed by atoms with van der Waals surface area (Å²) < 4.78 is 5.67. The van der Waals surface area contributed by atoms with Crippen molar-refractivity contribution in [3.05, 3.63) is 29.8 Å². The van der Waals surface area contributed by atoms with Crippen molar-refractivity contribution >= 4 is 11.6 Å². The number of hydrogen-bond acceptors (Lipinski definition) is 3. The number of carbonyl (C=O) groups excluding carboxylic acids is 1. The summed E-state index contributed by atoms with van der Waals surface area (Å²) in [5.41, 5.74) is 2.42. The van der Waals surface area contributed by atoms with E-state index in [1.165, 1.54) is 11.3 Å². The molecule has 1 saturated heterocycles. The zero-order valence-corrected chi connectivity index (χ0v) is 12.7. The van der Waals surface area contributed by atoms with Crippen LogP contribution in [-0.4, -0.2) is 43.2 Å². The highest BCUT2D eigenvalue weighted by atomic mass is 16.5. The summed E-state index contributed by atoms with van der Waals surface area (Å²) in [4.78, 5) is 14.7. The number of amides is 1. The maximum atomic E-state index is 12.8. The minimum atomic E-state index is 0.0428. The van der Waals surface area contributed by atoms with Gasteiger partial charge in [0.05, 0.1) is 12.0 Å². The number of nitrogens with zero attached hydrogens (tertiary/aromatic N) is 1. The minimum absolute atomic E-state index is 0.0428. The second-order valence-corrected chi connectivity index (χ2v) is 5.95. The number of nitrogens with one attached hydrogen (secondary N) is 1. The predicted octanol–water partition coefficient (Wildman–Crippen LogP) is 2.30. The summed E-state index contributed by atoms with van der Waals surface area (Å²) in [5, 5.41) is 3.39. The molecule has 114 valence electrons. The fraction of sp³-hybridized carbons (Fsp3) is 0.588. The second kappa shape index (κ2) is 6.48. The van der Waals surface area contributed by atoms with Crippen molar-refractivity contribution in [2.24, 2.45) is 5.92 Å². The molecular weight excluding hydrogens is 264 g/mol. The molecule has 0 aromatic heterocycles. The van der Waals surface area contributed by atoms with Crippen molar-refractivity contribution in [2.75, 3.05) is 31.6 Å². The van der Waals surface area contributed by atoms with Crippen molar-refractivity contribution in [1.29, 1.82) is 0 Å². The SMILES string of the molecule is CCN(CC1CCCO1)C(=O)C1CNc2ccccc2C1. The first-order valence-corrected chi connectivity index (χ1v) is 8.00. The van der Waals surface area contributed by atoms with E-state index in [0.717, 1.165) is 45.5 Å². The van der Waals surface area contributed by atoms with E-state index in [9.17, 15) is 4.79 Å². The van der Waals surface area contributed by atoms with Gasteiger partial charge in [0.25, 0.3) is 0 Å². The van der Waals surface area contributed by atoms with Crippen LogP contribution in [0.3, 0.4) is 0 Å². The van der Waals surface area contributed by atoms with Crippen LogP contribution >= 0.6 is 0 Å². The summed E-state index contributed by atoms with van der Waals surface area (Å²) in [7, 11) is 0. The smallest absolute Gasteiger partial charge is 0.227 e. The zero-order valence-electron chi connectivity index (χ0n) is 12.7. The topological polar surface area (TPSA) is 41.6 Å². The number of rotatable bonds is 4. The molecule has 1 fully saturated rings. The van der Waals surface area contributed by atoms with Crippen molar-refractivity contribution in [3.63, 3.8) is 0 Å². The highest BCUT2D eigenvalue weighted by molar-refractivity contribution is 5.81. The van der Waals surface area contributed by atoms with E-state index in [2.05, 4.69) is 24.4 Å². The Hall–Kier alpha value is -1.55. The summed E-state index contributed by atoms with van der Waals surface area (Å²) in [6.45, 7) is 5.13. The van der Waals surface area contributed by atoms with Crippen molar-refractivity contribution in [2.45, 2.75) is 32.3 Å². The van der Waals surface area contributed by atoms with Gasteiger partial charge in [-0.15, -0.1) is 0 Å². The molecule has 1 aromatic carbocycles. The number of ether oxygens (including phenoxy) is 1. The minimum Gasteiger partial charge on any atom is -0.384 e. The first-order valence-electron chi connectivity index (χ1n) is 8.00. The fourth-order valence-electron chi connectivity index (χ4n) is 3.28. The van der Waals surface area contributed by atoms with Crippen LogP contribution in [0.5, 0.6) is 0 Å². The van der Waals surface area contributed by atoms with Crippen LogP contribution in [0.4, 0.5) is 5.69 Å². The van der Waals surface area contributed by atoms with Gasteiger partial charge >= 0.3 is 0 Å². The molecule has 21 heavy (non-hydrogen) atoms. The molecule has 1 amide bonds. The summed E-state index contributed by atoms with van der Waals surface area (Å²) in [6, 6.07) is 8.26. The molecule has 3 rings (SSSR count). The molecule has 0 spiro atoms. The van der Waals surface area contributed by atoms with Crippen molar-refractivity contribution in [1.82, 2.24) is 4.90 Å². The van der Waals surface area contributed by atoms with Crippen molar-refractivity contribution < 1.29 is 9.53 Å². The van der Waals surface area contributed by atoms with E-state index in [1.807, 2.05) is 17.0 Å². The van der Waals surface area contributed by atoms with Gasteiger partial charge in [-0.25, -0.2) is 0 Å². The summed E-state index contributed by atoms with van der Waals surface area (Å²) >= 11 is 0. The maximum Gasteiger partial charge on any atom is 0.227 e. The molecule has 1 aromatic rings. The normalized spacial score (nSPS) is 24.2. The van der Waals surface area contributed by atoms with Gasteiger partial charge in [0.15, 0.2) is 0 Å². The molecule has 2 aliphatic heterocycles. The van der Waals surface area contributed by atoms with Crippen LogP contribution < -0.4 is 5.32 Å². The molecule has 2 unspecified atom stereocenters. The van der Waals surface area contributed by atoms with Gasteiger partial charge < -0.3 is 15.0 Å². The molecule has 0 saturated carbocycles. The van der Waals surface area contributed by atoms with Crippen molar-refractivity contribution in [3.8, 4) is 0 Å². The molecule has 1 N–H and O–H groups in total. The highest BCUT2D eigenvalue weighted by Gasteiger charge is 2.29. The van der Waals surface area contributed by atoms with Crippen LogP contribution in [0, 0.1) is 5.92 Å². The Morgan fingerprint density at radius 2 is 2.29 bits per heavy atom. The largest absolute Gasteiger partial charge is 0.384 e. The van der Waals surface area contributed by atoms with E-state index >= 15 is 0 Å². The Kier molecular flexibility index (Phi) is 4.44. The molecule has 2 heterocycles. The number of benzene rings is 1. The molecule has 0 radical (unpaired) electrons. The van der Waals surface area contributed by atoms with Gasteiger partial charge in [-0.05, 0) is 37.8 Å². The van der Waals surface area contributed by atoms with Gasteiger partial charge in [-0.1, -0.05) is 18.2 Å². The van der Waals surface area contributed by atoms with Crippen LogP contribution in [0.1, 0.15) is 25.3 Å². The van der Waals surface area contributed by atoms with Gasteiger partial charge in [-0.2, -0.15) is 0 Å². The number of hydrogen-bond donors (Lipinski definition) is 1. The number of para-hydroxylation sites is 1. The van der Waals surface area contributed by atoms with E-state index in [-0.39, 0.29) is 17.9 Å². The summed E-state index contributed by atoms with van der Waals surface area (Å²) in [5.74, 6) is 0.302. The number of anilines is 1. The van der Waals surface area contributed by atoms with Crippen LogP contribution in [0.2, 0.25) is 0 Å². The standard InChI is InChI=1S/C17H24N2O2/c1-2-19(12-15-7-5-9-21-15)17(20)14-10-13-6-3-4-8-16(13)18-11-14/h3-4,6,8,14-15,18H,2,5,7,9-12H2,1H3. The zero-order chi connectivity index (χ0) is 14.7. The molecular formula is C17H24N2O2. The van der Waals surface area contributed by atoms with Crippen LogP contribution in [0.25, 0.3) is 0 Å². The monoisotopic (exact) mass is 288 g/mol. The fourth-order valence-corrected chi connectivity index (χ4v) is 3.28. The summed E-state index contributed by atoms with van der Waals surface area (Å²) in [6.07, 6.45) is 3.27. The van der Waals surface area contributed by atoms with Crippen LogP contribution in [-0.2, 0) is 16.0 Å². The molecule has 4 heteroatoms. The Balaban J connectivity index is 1.64. The Labute approximate surface area is 126 Å². The average Bonchev–Trinajstić information content (AvgIpc) is 3.04. The number of carbonyl (C=O) groups is 1. The third-order valence-corrected chi connectivity index (χ3v) is 4.51. The van der Waals surface area contributed by atoms with E-state index in [1.54, 1.807) is 0 Å². The van der Waals surface area contributed by atoms with Gasteiger partial charge in [-0.3, -0.25) is 4.79 Å². The van der Waals surface area contributed by atoms with E-state index in [0.29, 0.717) is 0 Å². The Bertz CT molecular complexity index is 497. The lowest BCUT2D eigenvalue weighted by Crippen LogP contribution is -2.44. The molecule has 0 aliphatic carbocycles. The first-order chi connectivity index (χ1) is 10.3. The number of likely N-dealkylation sites (N-methyl/N-ethyl adjacent to an activating group) is 1. The maximum absolute atomic E-state index is 12.8. The molecule has 0 bridgehead atoms. The lowest BCUT2D eigenvalue weighted by Gasteiger charge is -2.31. The quantitative estimate of drug-likeness (QED) is 0.924. The Morgan fingerprint density at radius 1 is 1.43 bits per heavy atom. The molecule has 4 nitrogen and oxygen atoms in total.